The molecule has 1 aliphatic heterocycles. The molecular formula is C19H25N9. The Labute approximate surface area is 164 Å². The maximum absolute atomic E-state index is 4.84. The van der Waals surface area contributed by atoms with Crippen molar-refractivity contribution in [3.63, 3.8) is 0 Å². The van der Waals surface area contributed by atoms with Crippen LogP contribution in [-0.4, -0.2) is 70.1 Å². The van der Waals surface area contributed by atoms with Gasteiger partial charge in [0.1, 0.15) is 11.6 Å². The standard InChI is InChI=1S/C19H25N9/c1-13-12-17(21-19(20-13)25(2)3)27-10-8-26(9-11-27)16-7-6-15-22-23-18(14-4-5-14)28(15)24-16/h6-7,12,14H,4-5,8-11H2,1-3H3. The predicted octanol–water partition coefficient (Wildman–Crippen LogP) is 1.49. The molecule has 0 radical (unpaired) electrons. The summed E-state index contributed by atoms with van der Waals surface area (Å²) in [5.41, 5.74) is 1.82. The first-order chi connectivity index (χ1) is 13.6. The van der Waals surface area contributed by atoms with Gasteiger partial charge in [-0.15, -0.1) is 15.3 Å². The van der Waals surface area contributed by atoms with Crippen LogP contribution in [0.25, 0.3) is 5.65 Å². The lowest BCUT2D eigenvalue weighted by molar-refractivity contribution is 0.633. The summed E-state index contributed by atoms with van der Waals surface area (Å²) >= 11 is 0. The van der Waals surface area contributed by atoms with Crippen molar-refractivity contribution in [3.05, 3.63) is 29.7 Å². The molecule has 9 nitrogen and oxygen atoms in total. The molecule has 0 spiro atoms. The molecule has 5 rings (SSSR count). The van der Waals surface area contributed by atoms with Crippen molar-refractivity contribution in [3.8, 4) is 0 Å². The second-order valence-corrected chi connectivity index (χ2v) is 7.83. The highest BCUT2D eigenvalue weighted by Gasteiger charge is 2.29. The molecule has 0 bridgehead atoms. The highest BCUT2D eigenvalue weighted by atomic mass is 15.4. The SMILES string of the molecule is Cc1cc(N2CCN(c3ccc4nnc(C5CC5)n4n3)CC2)nc(N(C)C)n1. The van der Waals surface area contributed by atoms with E-state index in [1.807, 2.05) is 36.5 Å². The number of anilines is 3. The Balaban J connectivity index is 1.33. The van der Waals surface area contributed by atoms with Crippen LogP contribution in [-0.2, 0) is 0 Å². The number of hydrogen-bond acceptors (Lipinski definition) is 8. The topological polar surface area (TPSA) is 78.6 Å². The molecule has 146 valence electrons. The van der Waals surface area contributed by atoms with Gasteiger partial charge in [-0.1, -0.05) is 0 Å². The maximum Gasteiger partial charge on any atom is 0.226 e. The van der Waals surface area contributed by atoms with Crippen molar-refractivity contribution >= 4 is 23.2 Å². The maximum atomic E-state index is 4.84. The number of fused-ring (bicyclic) bond motifs is 1. The molecule has 3 aromatic rings. The first-order valence-corrected chi connectivity index (χ1v) is 9.84. The summed E-state index contributed by atoms with van der Waals surface area (Å²) in [4.78, 5) is 15.8. The van der Waals surface area contributed by atoms with Crippen LogP contribution < -0.4 is 14.7 Å². The van der Waals surface area contributed by atoms with Crippen molar-refractivity contribution < 1.29 is 0 Å². The molecule has 1 saturated carbocycles. The lowest BCUT2D eigenvalue weighted by Crippen LogP contribution is -2.47. The van der Waals surface area contributed by atoms with E-state index >= 15 is 0 Å². The van der Waals surface area contributed by atoms with Crippen molar-refractivity contribution in [2.45, 2.75) is 25.7 Å². The van der Waals surface area contributed by atoms with E-state index in [0.717, 1.165) is 60.9 Å². The number of nitrogens with zero attached hydrogens (tertiary/aromatic N) is 9. The molecule has 3 aromatic heterocycles. The van der Waals surface area contributed by atoms with E-state index in [-0.39, 0.29) is 0 Å². The van der Waals surface area contributed by atoms with E-state index in [0.29, 0.717) is 5.92 Å². The number of hydrogen-bond donors (Lipinski definition) is 0. The highest BCUT2D eigenvalue weighted by molar-refractivity contribution is 5.50. The summed E-state index contributed by atoms with van der Waals surface area (Å²) in [7, 11) is 3.94. The van der Waals surface area contributed by atoms with E-state index in [1.54, 1.807) is 0 Å². The molecule has 0 unspecified atom stereocenters. The van der Waals surface area contributed by atoms with Crippen LogP contribution in [0.1, 0.15) is 30.3 Å². The van der Waals surface area contributed by atoms with Crippen LogP contribution in [0.15, 0.2) is 18.2 Å². The van der Waals surface area contributed by atoms with Crippen LogP contribution in [0, 0.1) is 6.92 Å². The Bertz CT molecular complexity index is 1000. The van der Waals surface area contributed by atoms with Crippen molar-refractivity contribution in [1.29, 1.82) is 0 Å². The Kier molecular flexibility index (Phi) is 4.03. The fourth-order valence-corrected chi connectivity index (χ4v) is 3.62. The number of aryl methyl sites for hydroxylation is 1. The van der Waals surface area contributed by atoms with Gasteiger partial charge in [0.25, 0.3) is 0 Å². The second-order valence-electron chi connectivity index (χ2n) is 7.83. The van der Waals surface area contributed by atoms with Crippen molar-refractivity contribution in [2.75, 3.05) is 55.0 Å². The minimum absolute atomic E-state index is 0.529. The molecule has 9 heteroatoms. The Hall–Kier alpha value is -2.97. The first kappa shape index (κ1) is 17.2. The number of piperazine rings is 1. The molecule has 0 atom stereocenters. The van der Waals surface area contributed by atoms with Gasteiger partial charge in [0.2, 0.25) is 5.95 Å². The number of rotatable bonds is 4. The molecule has 1 aliphatic carbocycles. The Morgan fingerprint density at radius 3 is 2.32 bits per heavy atom. The van der Waals surface area contributed by atoms with Gasteiger partial charge in [-0.25, -0.2) is 4.98 Å². The van der Waals surface area contributed by atoms with Crippen LogP contribution in [0.4, 0.5) is 17.6 Å². The summed E-state index contributed by atoms with van der Waals surface area (Å²) in [5, 5.41) is 13.4. The summed E-state index contributed by atoms with van der Waals surface area (Å²) in [6.45, 7) is 5.63. The van der Waals surface area contributed by atoms with E-state index in [2.05, 4.69) is 37.1 Å². The monoisotopic (exact) mass is 379 g/mol. The van der Waals surface area contributed by atoms with Gasteiger partial charge >= 0.3 is 0 Å². The number of aromatic nitrogens is 6. The highest BCUT2D eigenvalue weighted by Crippen LogP contribution is 2.38. The smallest absolute Gasteiger partial charge is 0.226 e. The largest absolute Gasteiger partial charge is 0.353 e. The second kappa shape index (κ2) is 6.57. The molecular weight excluding hydrogens is 354 g/mol. The van der Waals surface area contributed by atoms with Crippen LogP contribution in [0.3, 0.4) is 0 Å². The average molecular weight is 379 g/mol. The van der Waals surface area contributed by atoms with Gasteiger partial charge in [0, 0.05) is 58.0 Å². The lowest BCUT2D eigenvalue weighted by atomic mass is 10.3. The van der Waals surface area contributed by atoms with Crippen molar-refractivity contribution in [1.82, 2.24) is 29.8 Å². The molecule has 28 heavy (non-hydrogen) atoms. The molecule has 2 aliphatic rings. The zero-order valence-electron chi connectivity index (χ0n) is 16.6. The molecule has 0 amide bonds. The minimum Gasteiger partial charge on any atom is -0.353 e. The predicted molar refractivity (Wildman–Crippen MR) is 108 cm³/mol. The average Bonchev–Trinajstić information content (AvgIpc) is 3.46. The van der Waals surface area contributed by atoms with Gasteiger partial charge in [-0.3, -0.25) is 0 Å². The van der Waals surface area contributed by atoms with E-state index in [1.165, 1.54) is 12.8 Å². The minimum atomic E-state index is 0.529. The molecule has 0 N–H and O–H groups in total. The lowest BCUT2D eigenvalue weighted by Gasteiger charge is -2.36. The summed E-state index contributed by atoms with van der Waals surface area (Å²) < 4.78 is 1.93. The third-order valence-electron chi connectivity index (χ3n) is 5.37. The fraction of sp³-hybridized carbons (Fsp3) is 0.526. The fourth-order valence-electron chi connectivity index (χ4n) is 3.62. The Morgan fingerprint density at radius 2 is 1.64 bits per heavy atom. The third kappa shape index (κ3) is 3.10. The molecule has 1 saturated heterocycles. The van der Waals surface area contributed by atoms with Gasteiger partial charge in [0.05, 0.1) is 0 Å². The zero-order chi connectivity index (χ0) is 19.3. The van der Waals surface area contributed by atoms with Gasteiger partial charge < -0.3 is 14.7 Å². The zero-order valence-corrected chi connectivity index (χ0v) is 16.6. The molecule has 0 aromatic carbocycles. The quantitative estimate of drug-likeness (QED) is 0.675. The van der Waals surface area contributed by atoms with Gasteiger partial charge in [-0.05, 0) is 31.9 Å². The van der Waals surface area contributed by atoms with Crippen LogP contribution in [0.2, 0.25) is 0 Å². The normalized spacial score (nSPS) is 17.4. The summed E-state index contributed by atoms with van der Waals surface area (Å²) in [5.74, 6) is 4.27. The summed E-state index contributed by atoms with van der Waals surface area (Å²) in [6, 6.07) is 6.13. The van der Waals surface area contributed by atoms with E-state index in [9.17, 15) is 0 Å². The molecule has 4 heterocycles. The van der Waals surface area contributed by atoms with Crippen LogP contribution >= 0.6 is 0 Å². The third-order valence-corrected chi connectivity index (χ3v) is 5.37. The summed E-state index contributed by atoms with van der Waals surface area (Å²) in [6.07, 6.45) is 2.39. The van der Waals surface area contributed by atoms with Gasteiger partial charge in [0.15, 0.2) is 11.5 Å². The van der Waals surface area contributed by atoms with Crippen LogP contribution in [0.5, 0.6) is 0 Å². The Morgan fingerprint density at radius 1 is 0.929 bits per heavy atom. The first-order valence-electron chi connectivity index (χ1n) is 9.84. The van der Waals surface area contributed by atoms with Gasteiger partial charge in [-0.2, -0.15) is 9.50 Å². The van der Waals surface area contributed by atoms with E-state index in [4.69, 9.17) is 10.1 Å². The molecule has 2 fully saturated rings. The van der Waals surface area contributed by atoms with E-state index < -0.39 is 0 Å². The van der Waals surface area contributed by atoms with Crippen molar-refractivity contribution in [2.24, 2.45) is 0 Å².